The summed E-state index contributed by atoms with van der Waals surface area (Å²) in [6.45, 7) is 3.79. The lowest BCUT2D eigenvalue weighted by Crippen LogP contribution is -2.38. The van der Waals surface area contributed by atoms with Crippen LogP contribution in [0, 0.1) is 6.92 Å². The van der Waals surface area contributed by atoms with E-state index in [1.54, 1.807) is 19.1 Å². The number of aryl methyl sites for hydroxylation is 1. The Kier molecular flexibility index (Phi) is 5.78. The average molecular weight is 313 g/mol. The molecule has 2 rings (SSSR count). The number of carbonyl (C=O) groups is 2. The second kappa shape index (κ2) is 7.80. The number of benzene rings is 2. The van der Waals surface area contributed by atoms with Gasteiger partial charge < -0.3 is 5.32 Å². The zero-order valence-electron chi connectivity index (χ0n) is 12.7. The van der Waals surface area contributed by atoms with Gasteiger partial charge in [0.2, 0.25) is 5.91 Å². The Hall–Kier alpha value is -2.07. The lowest BCUT2D eigenvalue weighted by molar-refractivity contribution is -0.120. The van der Waals surface area contributed by atoms with Crippen molar-refractivity contribution in [3.05, 3.63) is 65.7 Å². The van der Waals surface area contributed by atoms with Crippen molar-refractivity contribution >= 4 is 23.5 Å². The van der Waals surface area contributed by atoms with Crippen LogP contribution in [-0.2, 0) is 4.79 Å². The van der Waals surface area contributed by atoms with Crippen LogP contribution in [0.15, 0.2) is 59.5 Å². The van der Waals surface area contributed by atoms with E-state index in [-0.39, 0.29) is 11.7 Å². The predicted octanol–water partition coefficient (Wildman–Crippen LogP) is 3.82. The van der Waals surface area contributed by atoms with Crippen molar-refractivity contribution in [2.75, 3.05) is 0 Å². The third-order valence-corrected chi connectivity index (χ3v) is 4.30. The molecule has 0 fully saturated rings. The van der Waals surface area contributed by atoms with E-state index in [4.69, 9.17) is 0 Å². The fourth-order valence-corrected chi connectivity index (χ4v) is 2.90. The van der Waals surface area contributed by atoms with E-state index < -0.39 is 5.37 Å². The third-order valence-electron chi connectivity index (χ3n) is 3.18. The first-order valence-corrected chi connectivity index (χ1v) is 8.10. The number of thioether (sulfide) groups is 1. The number of rotatable bonds is 6. The molecule has 2 aromatic rings. The van der Waals surface area contributed by atoms with E-state index in [1.165, 1.54) is 11.8 Å². The minimum Gasteiger partial charge on any atom is -0.337 e. The summed E-state index contributed by atoms with van der Waals surface area (Å²) in [5.74, 6) is -0.220. The topological polar surface area (TPSA) is 46.2 Å². The molecule has 0 heterocycles. The normalized spacial score (nSPS) is 11.7. The Balaban J connectivity index is 2.20. The fraction of sp³-hybridized carbons (Fsp3) is 0.222. The molecule has 4 heteroatoms. The Morgan fingerprint density at radius 1 is 1.05 bits per heavy atom. The summed E-state index contributed by atoms with van der Waals surface area (Å²) in [7, 11) is 0. The molecule has 0 radical (unpaired) electrons. The van der Waals surface area contributed by atoms with E-state index in [0.29, 0.717) is 12.0 Å². The van der Waals surface area contributed by atoms with Gasteiger partial charge in [-0.1, -0.05) is 66.7 Å². The largest absolute Gasteiger partial charge is 0.337 e. The Bertz CT molecular complexity index is 638. The average Bonchev–Trinajstić information content (AvgIpc) is 2.56. The maximum absolute atomic E-state index is 12.6. The maximum Gasteiger partial charge on any atom is 0.220 e. The van der Waals surface area contributed by atoms with Crippen LogP contribution in [0.2, 0.25) is 0 Å². The smallest absolute Gasteiger partial charge is 0.220 e. The van der Waals surface area contributed by atoms with E-state index in [1.807, 2.05) is 49.4 Å². The molecule has 2 aromatic carbocycles. The van der Waals surface area contributed by atoms with Gasteiger partial charge in [0.1, 0.15) is 5.37 Å². The van der Waals surface area contributed by atoms with E-state index in [0.717, 1.165) is 10.5 Å². The molecule has 114 valence electrons. The number of ketones is 1. The molecule has 0 saturated carbocycles. The Labute approximate surface area is 135 Å². The van der Waals surface area contributed by atoms with Gasteiger partial charge in [0.25, 0.3) is 0 Å². The zero-order valence-corrected chi connectivity index (χ0v) is 13.5. The van der Waals surface area contributed by atoms with Crippen LogP contribution < -0.4 is 5.32 Å². The van der Waals surface area contributed by atoms with Crippen molar-refractivity contribution in [3.8, 4) is 0 Å². The SMILES string of the molecule is CCC(=O)NC(Sc1ccc(C)cc1)C(=O)c1ccccc1. The number of hydrogen-bond donors (Lipinski definition) is 1. The van der Waals surface area contributed by atoms with Gasteiger partial charge in [0, 0.05) is 16.9 Å². The van der Waals surface area contributed by atoms with Gasteiger partial charge in [0.05, 0.1) is 0 Å². The summed E-state index contributed by atoms with van der Waals surface area (Å²) >= 11 is 1.36. The monoisotopic (exact) mass is 313 g/mol. The fourth-order valence-electron chi connectivity index (χ4n) is 1.90. The molecule has 0 saturated heterocycles. The molecule has 0 aromatic heterocycles. The molecule has 1 unspecified atom stereocenters. The number of Topliss-reactive ketones (excluding diaryl/α,β-unsaturated/α-hetero) is 1. The van der Waals surface area contributed by atoms with Crippen molar-refractivity contribution in [2.24, 2.45) is 0 Å². The Morgan fingerprint density at radius 3 is 2.27 bits per heavy atom. The zero-order chi connectivity index (χ0) is 15.9. The highest BCUT2D eigenvalue weighted by Crippen LogP contribution is 2.25. The summed E-state index contributed by atoms with van der Waals surface area (Å²) < 4.78 is 0. The number of carbonyl (C=O) groups excluding carboxylic acids is 2. The molecular formula is C18H19NO2S. The van der Waals surface area contributed by atoms with Crippen LogP contribution in [0.4, 0.5) is 0 Å². The second-order valence-corrected chi connectivity index (χ2v) is 6.14. The molecule has 0 bridgehead atoms. The van der Waals surface area contributed by atoms with E-state index in [9.17, 15) is 9.59 Å². The first-order chi connectivity index (χ1) is 10.6. The van der Waals surface area contributed by atoms with Crippen molar-refractivity contribution in [1.82, 2.24) is 5.32 Å². The van der Waals surface area contributed by atoms with E-state index >= 15 is 0 Å². The van der Waals surface area contributed by atoms with Crippen molar-refractivity contribution < 1.29 is 9.59 Å². The van der Waals surface area contributed by atoms with Crippen LogP contribution in [0.3, 0.4) is 0 Å². The molecule has 1 amide bonds. The lowest BCUT2D eigenvalue weighted by atomic mass is 10.1. The summed E-state index contributed by atoms with van der Waals surface area (Å²) in [6.07, 6.45) is 0.354. The molecule has 1 N–H and O–H groups in total. The second-order valence-electron chi connectivity index (χ2n) is 4.96. The van der Waals surface area contributed by atoms with Crippen LogP contribution in [0.5, 0.6) is 0 Å². The number of amides is 1. The number of nitrogens with one attached hydrogen (secondary N) is 1. The minimum absolute atomic E-state index is 0.0898. The van der Waals surface area contributed by atoms with Crippen LogP contribution in [0.25, 0.3) is 0 Å². The predicted molar refractivity (Wildman–Crippen MR) is 90.0 cm³/mol. The first-order valence-electron chi connectivity index (χ1n) is 7.22. The highest BCUT2D eigenvalue weighted by atomic mass is 32.2. The van der Waals surface area contributed by atoms with Crippen molar-refractivity contribution in [3.63, 3.8) is 0 Å². The summed E-state index contributed by atoms with van der Waals surface area (Å²) in [6, 6.07) is 17.0. The molecule has 0 aliphatic rings. The van der Waals surface area contributed by atoms with Crippen molar-refractivity contribution in [2.45, 2.75) is 30.5 Å². The molecular weight excluding hydrogens is 294 g/mol. The highest BCUT2D eigenvalue weighted by molar-refractivity contribution is 8.00. The molecule has 0 aliphatic carbocycles. The molecule has 0 spiro atoms. The minimum atomic E-state index is -0.613. The summed E-state index contributed by atoms with van der Waals surface area (Å²) in [4.78, 5) is 25.3. The van der Waals surface area contributed by atoms with E-state index in [2.05, 4.69) is 5.32 Å². The first kappa shape index (κ1) is 16.3. The van der Waals surface area contributed by atoms with Gasteiger partial charge in [-0.2, -0.15) is 0 Å². The van der Waals surface area contributed by atoms with Crippen LogP contribution in [0.1, 0.15) is 29.3 Å². The van der Waals surface area contributed by atoms with Gasteiger partial charge in [-0.3, -0.25) is 9.59 Å². The third kappa shape index (κ3) is 4.46. The van der Waals surface area contributed by atoms with Gasteiger partial charge in [-0.05, 0) is 19.1 Å². The summed E-state index contributed by atoms with van der Waals surface area (Å²) in [5, 5.41) is 2.19. The van der Waals surface area contributed by atoms with Crippen LogP contribution in [-0.4, -0.2) is 17.1 Å². The standard InChI is InChI=1S/C18H19NO2S/c1-3-16(20)19-18(17(21)14-7-5-4-6-8-14)22-15-11-9-13(2)10-12-15/h4-12,18H,3H2,1-2H3,(H,19,20). The molecule has 1 atom stereocenters. The molecule has 22 heavy (non-hydrogen) atoms. The maximum atomic E-state index is 12.6. The molecule has 3 nitrogen and oxygen atoms in total. The van der Waals surface area contributed by atoms with Gasteiger partial charge in [-0.25, -0.2) is 0 Å². The van der Waals surface area contributed by atoms with Gasteiger partial charge in [0.15, 0.2) is 5.78 Å². The van der Waals surface area contributed by atoms with Crippen LogP contribution >= 0.6 is 11.8 Å². The highest BCUT2D eigenvalue weighted by Gasteiger charge is 2.22. The Morgan fingerprint density at radius 2 is 1.68 bits per heavy atom. The summed E-state index contributed by atoms with van der Waals surface area (Å²) in [5.41, 5.74) is 1.76. The lowest BCUT2D eigenvalue weighted by Gasteiger charge is -2.17. The quantitative estimate of drug-likeness (QED) is 0.501. The van der Waals surface area contributed by atoms with Crippen molar-refractivity contribution in [1.29, 1.82) is 0 Å². The number of hydrogen-bond acceptors (Lipinski definition) is 3. The van der Waals surface area contributed by atoms with Gasteiger partial charge >= 0.3 is 0 Å². The molecule has 0 aliphatic heterocycles. The van der Waals surface area contributed by atoms with Gasteiger partial charge in [-0.15, -0.1) is 0 Å².